The van der Waals surface area contributed by atoms with E-state index in [2.05, 4.69) is 13.0 Å². The average Bonchev–Trinajstić information content (AvgIpc) is 2.57. The van der Waals surface area contributed by atoms with E-state index in [1.165, 1.54) is 32.1 Å². The molecule has 1 heteroatoms. The van der Waals surface area contributed by atoms with Gasteiger partial charge in [-0.25, -0.2) is 0 Å². The van der Waals surface area contributed by atoms with Gasteiger partial charge in [-0.05, 0) is 49.4 Å². The Kier molecular flexibility index (Phi) is 1.98. The Morgan fingerprint density at radius 1 is 1.36 bits per heavy atom. The number of hydrogen-bond acceptors (Lipinski definition) is 1. The molecule has 2 saturated carbocycles. The Bertz CT molecular complexity index is 268. The zero-order chi connectivity index (χ0) is 9.71. The van der Waals surface area contributed by atoms with Crippen molar-refractivity contribution in [2.24, 2.45) is 23.7 Å². The minimum absolute atomic E-state index is 0.0211. The summed E-state index contributed by atoms with van der Waals surface area (Å²) in [4.78, 5) is 0. The van der Waals surface area contributed by atoms with E-state index in [-0.39, 0.29) is 6.10 Å². The van der Waals surface area contributed by atoms with Crippen LogP contribution in [0, 0.1) is 23.7 Å². The Balaban J connectivity index is 1.95. The van der Waals surface area contributed by atoms with Crippen LogP contribution in [0.4, 0.5) is 0 Å². The number of aliphatic hydroxyl groups excluding tert-OH is 1. The zero-order valence-electron chi connectivity index (χ0n) is 8.95. The van der Waals surface area contributed by atoms with E-state index in [4.69, 9.17) is 0 Å². The number of hydrogen-bond donors (Lipinski definition) is 1. The molecule has 0 aromatic rings. The van der Waals surface area contributed by atoms with Crippen LogP contribution in [0.2, 0.25) is 0 Å². The van der Waals surface area contributed by atoms with Crippen molar-refractivity contribution in [2.45, 2.75) is 45.1 Å². The molecule has 3 rings (SSSR count). The van der Waals surface area contributed by atoms with Crippen molar-refractivity contribution in [2.75, 3.05) is 0 Å². The van der Waals surface area contributed by atoms with E-state index in [1.807, 2.05) is 0 Å². The van der Waals surface area contributed by atoms with E-state index in [1.54, 1.807) is 5.57 Å². The second-order valence-corrected chi connectivity index (χ2v) is 5.35. The molecule has 1 N–H and O–H groups in total. The molecule has 0 amide bonds. The van der Waals surface area contributed by atoms with Crippen LogP contribution in [0.25, 0.3) is 0 Å². The third-order valence-corrected chi connectivity index (χ3v) is 4.86. The van der Waals surface area contributed by atoms with Gasteiger partial charge in [-0.1, -0.05) is 25.0 Å². The van der Waals surface area contributed by atoms with Crippen molar-refractivity contribution in [3.05, 3.63) is 11.6 Å². The summed E-state index contributed by atoms with van der Waals surface area (Å²) in [6.45, 7) is 2.27. The van der Waals surface area contributed by atoms with Crippen LogP contribution in [0.1, 0.15) is 39.0 Å². The van der Waals surface area contributed by atoms with Crippen molar-refractivity contribution < 1.29 is 5.11 Å². The highest BCUT2D eigenvalue weighted by atomic mass is 16.3. The van der Waals surface area contributed by atoms with Crippen LogP contribution >= 0.6 is 0 Å². The molecule has 1 nitrogen and oxygen atoms in total. The lowest BCUT2D eigenvalue weighted by atomic mass is 9.63. The molecule has 0 unspecified atom stereocenters. The molecule has 0 aliphatic heterocycles. The second kappa shape index (κ2) is 3.10. The normalized spacial score (nSPS) is 50.4. The van der Waals surface area contributed by atoms with E-state index in [0.29, 0.717) is 11.8 Å². The van der Waals surface area contributed by atoms with E-state index in [0.717, 1.165) is 11.8 Å². The highest BCUT2D eigenvalue weighted by Crippen LogP contribution is 2.54. The summed E-state index contributed by atoms with van der Waals surface area (Å²) in [5, 5.41) is 10.2. The summed E-state index contributed by atoms with van der Waals surface area (Å²) < 4.78 is 0. The summed E-state index contributed by atoms with van der Waals surface area (Å²) in [5.74, 6) is 2.69. The van der Waals surface area contributed by atoms with Gasteiger partial charge < -0.3 is 5.11 Å². The van der Waals surface area contributed by atoms with E-state index < -0.39 is 0 Å². The zero-order valence-corrected chi connectivity index (χ0v) is 8.95. The maximum absolute atomic E-state index is 10.2. The smallest absolute Gasteiger partial charge is 0.0607 e. The first-order valence-electron chi connectivity index (χ1n) is 6.20. The predicted molar refractivity (Wildman–Crippen MR) is 56.8 cm³/mol. The lowest BCUT2D eigenvalue weighted by molar-refractivity contribution is -0.0471. The number of allylic oxidation sites excluding steroid dienone is 2. The monoisotopic (exact) mass is 192 g/mol. The predicted octanol–water partition coefficient (Wildman–Crippen LogP) is 2.75. The number of rotatable bonds is 1. The minimum Gasteiger partial charge on any atom is -0.393 e. The molecule has 0 saturated heterocycles. The molecular formula is C13H20O. The third-order valence-electron chi connectivity index (χ3n) is 4.86. The topological polar surface area (TPSA) is 20.2 Å². The lowest BCUT2D eigenvalue weighted by Gasteiger charge is -2.44. The van der Waals surface area contributed by atoms with E-state index in [9.17, 15) is 5.11 Å². The summed E-state index contributed by atoms with van der Waals surface area (Å²) >= 11 is 0. The van der Waals surface area contributed by atoms with Crippen LogP contribution in [0.3, 0.4) is 0 Å². The molecule has 0 aromatic heterocycles. The summed E-state index contributed by atoms with van der Waals surface area (Å²) in [6, 6.07) is 0. The van der Waals surface area contributed by atoms with Crippen molar-refractivity contribution in [3.8, 4) is 0 Å². The first-order chi connectivity index (χ1) is 6.81. The quantitative estimate of drug-likeness (QED) is 0.633. The molecule has 78 valence electrons. The largest absolute Gasteiger partial charge is 0.393 e. The summed E-state index contributed by atoms with van der Waals surface area (Å²) in [7, 11) is 0. The Morgan fingerprint density at radius 3 is 2.93 bits per heavy atom. The molecule has 4 bridgehead atoms. The highest BCUT2D eigenvalue weighted by Gasteiger charge is 2.48. The van der Waals surface area contributed by atoms with Gasteiger partial charge in [-0.2, -0.15) is 0 Å². The lowest BCUT2D eigenvalue weighted by Crippen LogP contribution is -2.44. The molecular weight excluding hydrogens is 172 g/mol. The van der Waals surface area contributed by atoms with Gasteiger partial charge in [0.1, 0.15) is 0 Å². The second-order valence-electron chi connectivity index (χ2n) is 5.35. The number of fused-ring (bicyclic) bond motifs is 6. The fraction of sp³-hybridized carbons (Fsp3) is 0.846. The average molecular weight is 192 g/mol. The van der Waals surface area contributed by atoms with Crippen LogP contribution < -0.4 is 0 Å². The fourth-order valence-corrected chi connectivity index (χ4v) is 4.19. The standard InChI is InChI=1S/C13H20O/c1-2-8-6-9-7-12(8)11-5-3-4-10(9)13(11)14/h6,9-14H,2-5,7H2,1H3/t9-,10+,11-,12-,13-/m1/s1. The van der Waals surface area contributed by atoms with Crippen LogP contribution in [0.5, 0.6) is 0 Å². The Hall–Kier alpha value is -0.300. The highest BCUT2D eigenvalue weighted by molar-refractivity contribution is 5.22. The van der Waals surface area contributed by atoms with Gasteiger partial charge in [0.15, 0.2) is 0 Å². The maximum atomic E-state index is 10.2. The van der Waals surface area contributed by atoms with Gasteiger partial charge in [0.25, 0.3) is 0 Å². The van der Waals surface area contributed by atoms with Gasteiger partial charge in [0, 0.05) is 0 Å². The van der Waals surface area contributed by atoms with Crippen molar-refractivity contribution in [1.29, 1.82) is 0 Å². The molecule has 5 atom stereocenters. The van der Waals surface area contributed by atoms with Crippen LogP contribution in [-0.2, 0) is 0 Å². The van der Waals surface area contributed by atoms with Gasteiger partial charge in [0.05, 0.1) is 6.10 Å². The Labute approximate surface area is 86.2 Å². The van der Waals surface area contributed by atoms with Crippen LogP contribution in [0.15, 0.2) is 11.6 Å². The molecule has 3 aliphatic carbocycles. The molecule has 0 spiro atoms. The maximum Gasteiger partial charge on any atom is 0.0607 e. The molecule has 0 heterocycles. The van der Waals surface area contributed by atoms with E-state index >= 15 is 0 Å². The van der Waals surface area contributed by atoms with Gasteiger partial charge >= 0.3 is 0 Å². The first kappa shape index (κ1) is 8.96. The molecule has 0 radical (unpaired) electrons. The molecule has 14 heavy (non-hydrogen) atoms. The number of aliphatic hydroxyl groups is 1. The van der Waals surface area contributed by atoms with Gasteiger partial charge in [0.2, 0.25) is 0 Å². The molecule has 2 fully saturated rings. The van der Waals surface area contributed by atoms with Crippen molar-refractivity contribution >= 4 is 0 Å². The van der Waals surface area contributed by atoms with Crippen LogP contribution in [-0.4, -0.2) is 11.2 Å². The Morgan fingerprint density at radius 2 is 2.14 bits per heavy atom. The fourth-order valence-electron chi connectivity index (χ4n) is 4.19. The summed E-state index contributed by atoms with van der Waals surface area (Å²) in [6.07, 6.45) is 8.98. The van der Waals surface area contributed by atoms with Gasteiger partial charge in [-0.3, -0.25) is 0 Å². The third kappa shape index (κ3) is 1.05. The molecule has 0 aromatic carbocycles. The molecule has 3 aliphatic rings. The van der Waals surface area contributed by atoms with Gasteiger partial charge in [-0.15, -0.1) is 0 Å². The summed E-state index contributed by atoms with van der Waals surface area (Å²) in [5.41, 5.74) is 1.66. The SMILES string of the molecule is CCC1=C[C@@H]2C[C@H]1[C@H]1CCC[C@@H]2[C@H]1O. The minimum atomic E-state index is 0.0211. The van der Waals surface area contributed by atoms with Crippen molar-refractivity contribution in [1.82, 2.24) is 0 Å². The first-order valence-corrected chi connectivity index (χ1v) is 6.20. The van der Waals surface area contributed by atoms with Crippen molar-refractivity contribution in [3.63, 3.8) is 0 Å².